The second-order valence-electron chi connectivity index (χ2n) is 6.53. The van der Waals surface area contributed by atoms with Crippen LogP contribution in [0.5, 0.6) is 0 Å². The van der Waals surface area contributed by atoms with Gasteiger partial charge in [0.1, 0.15) is 5.82 Å². The van der Waals surface area contributed by atoms with Crippen molar-refractivity contribution in [1.82, 2.24) is 15.1 Å². The minimum Gasteiger partial charge on any atom is -0.338 e. The molecule has 0 atom stereocenters. The molecule has 1 N–H and O–H groups in total. The molecule has 2 aliphatic rings. The van der Waals surface area contributed by atoms with E-state index in [1.807, 2.05) is 11.0 Å². The monoisotopic (exact) mass is 319 g/mol. The molecule has 0 saturated carbocycles. The number of nitrogens with one attached hydrogen (secondary N) is 1. The molecule has 4 nitrogen and oxygen atoms in total. The Morgan fingerprint density at radius 1 is 1.13 bits per heavy atom. The Hall–Kier alpha value is -1.62. The van der Waals surface area contributed by atoms with Gasteiger partial charge in [0.15, 0.2) is 0 Å². The smallest absolute Gasteiger partial charge is 0.317 e. The largest absolute Gasteiger partial charge is 0.338 e. The van der Waals surface area contributed by atoms with E-state index in [0.717, 1.165) is 25.9 Å². The van der Waals surface area contributed by atoms with Gasteiger partial charge in [-0.3, -0.25) is 0 Å². The number of hydrogen-bond acceptors (Lipinski definition) is 2. The fraction of sp³-hybridized carbons (Fsp3) is 0.611. The molecule has 2 fully saturated rings. The Balaban J connectivity index is 1.38. The van der Waals surface area contributed by atoms with Gasteiger partial charge in [0.25, 0.3) is 0 Å². The lowest BCUT2D eigenvalue weighted by Crippen LogP contribution is -2.49. The highest BCUT2D eigenvalue weighted by Crippen LogP contribution is 2.21. The Morgan fingerprint density at radius 2 is 1.83 bits per heavy atom. The van der Waals surface area contributed by atoms with Gasteiger partial charge in [-0.2, -0.15) is 0 Å². The number of rotatable bonds is 4. The summed E-state index contributed by atoms with van der Waals surface area (Å²) in [4.78, 5) is 16.7. The third-order valence-electron chi connectivity index (χ3n) is 5.04. The van der Waals surface area contributed by atoms with Gasteiger partial charge < -0.3 is 15.1 Å². The maximum absolute atomic E-state index is 13.5. The number of likely N-dealkylation sites (tertiary alicyclic amines) is 2. The summed E-state index contributed by atoms with van der Waals surface area (Å²) in [6, 6.07) is 7.37. The van der Waals surface area contributed by atoms with Crippen LogP contribution in [0.15, 0.2) is 24.3 Å². The molecular weight excluding hydrogens is 293 g/mol. The van der Waals surface area contributed by atoms with Crippen molar-refractivity contribution in [3.8, 4) is 0 Å². The molecule has 2 amide bonds. The molecule has 1 aromatic rings. The average molecular weight is 319 g/mol. The van der Waals surface area contributed by atoms with Gasteiger partial charge >= 0.3 is 6.03 Å². The van der Waals surface area contributed by atoms with Crippen LogP contribution in [0.1, 0.15) is 31.2 Å². The number of piperidine rings is 1. The van der Waals surface area contributed by atoms with Gasteiger partial charge in [-0.1, -0.05) is 18.2 Å². The van der Waals surface area contributed by atoms with E-state index in [1.54, 1.807) is 12.1 Å². The summed E-state index contributed by atoms with van der Waals surface area (Å²) < 4.78 is 13.5. The molecule has 0 unspecified atom stereocenters. The van der Waals surface area contributed by atoms with Gasteiger partial charge in [0, 0.05) is 25.7 Å². The molecule has 0 aromatic heterocycles. The van der Waals surface area contributed by atoms with Crippen molar-refractivity contribution in [1.29, 1.82) is 0 Å². The van der Waals surface area contributed by atoms with Crippen molar-refractivity contribution >= 4 is 6.03 Å². The minimum atomic E-state index is -0.201. The SMILES string of the molecule is O=C(NCCc1ccccc1F)N1CCC(N2CCCC2)CC1. The van der Waals surface area contributed by atoms with E-state index >= 15 is 0 Å². The molecule has 5 heteroatoms. The number of carbonyl (C=O) groups is 1. The molecule has 3 rings (SSSR count). The zero-order valence-electron chi connectivity index (χ0n) is 13.6. The van der Waals surface area contributed by atoms with Crippen LogP contribution in [0.3, 0.4) is 0 Å². The Kier molecular flexibility index (Phi) is 5.49. The predicted molar refractivity (Wildman–Crippen MR) is 88.9 cm³/mol. The lowest BCUT2D eigenvalue weighted by atomic mass is 10.0. The van der Waals surface area contributed by atoms with E-state index in [0.29, 0.717) is 24.6 Å². The number of amides is 2. The predicted octanol–water partition coefficient (Wildman–Crippen LogP) is 2.64. The molecule has 2 heterocycles. The molecular formula is C18H26FN3O. The van der Waals surface area contributed by atoms with Crippen LogP contribution in [-0.4, -0.2) is 54.6 Å². The van der Waals surface area contributed by atoms with Crippen LogP contribution in [0, 0.1) is 5.82 Å². The third kappa shape index (κ3) is 4.22. The lowest BCUT2D eigenvalue weighted by Gasteiger charge is -2.36. The van der Waals surface area contributed by atoms with Gasteiger partial charge in [0.2, 0.25) is 0 Å². The number of urea groups is 1. The Morgan fingerprint density at radius 3 is 2.52 bits per heavy atom. The van der Waals surface area contributed by atoms with Crippen LogP contribution in [0.4, 0.5) is 9.18 Å². The van der Waals surface area contributed by atoms with Crippen LogP contribution in [0.2, 0.25) is 0 Å². The summed E-state index contributed by atoms with van der Waals surface area (Å²) in [6.07, 6.45) is 5.30. The Labute approximate surface area is 137 Å². The van der Waals surface area contributed by atoms with E-state index < -0.39 is 0 Å². The minimum absolute atomic E-state index is 0.0128. The number of hydrogen-bond donors (Lipinski definition) is 1. The average Bonchev–Trinajstić information content (AvgIpc) is 3.11. The normalized spacial score (nSPS) is 20.0. The first kappa shape index (κ1) is 16.2. The molecule has 23 heavy (non-hydrogen) atoms. The fourth-order valence-corrected chi connectivity index (χ4v) is 3.66. The summed E-state index contributed by atoms with van der Waals surface area (Å²) in [5, 5.41) is 2.92. The van der Waals surface area contributed by atoms with Crippen LogP contribution in [0.25, 0.3) is 0 Å². The van der Waals surface area contributed by atoms with Crippen molar-refractivity contribution in [3.05, 3.63) is 35.6 Å². The van der Waals surface area contributed by atoms with Gasteiger partial charge in [-0.25, -0.2) is 9.18 Å². The zero-order chi connectivity index (χ0) is 16.1. The first-order valence-corrected chi connectivity index (χ1v) is 8.74. The third-order valence-corrected chi connectivity index (χ3v) is 5.04. The van der Waals surface area contributed by atoms with E-state index in [-0.39, 0.29) is 11.8 Å². The van der Waals surface area contributed by atoms with E-state index in [1.165, 1.54) is 32.0 Å². The van der Waals surface area contributed by atoms with Crippen molar-refractivity contribution in [2.75, 3.05) is 32.7 Å². The standard InChI is InChI=1S/C18H26FN3O/c19-17-6-2-1-5-15(17)7-10-20-18(23)22-13-8-16(9-14-22)21-11-3-4-12-21/h1-2,5-6,16H,3-4,7-14H2,(H,20,23). The number of halogens is 1. The maximum atomic E-state index is 13.5. The van der Waals surface area contributed by atoms with Crippen LogP contribution >= 0.6 is 0 Å². The molecule has 0 radical (unpaired) electrons. The molecule has 2 saturated heterocycles. The topological polar surface area (TPSA) is 35.6 Å². The Bertz CT molecular complexity index is 523. The highest BCUT2D eigenvalue weighted by molar-refractivity contribution is 5.74. The number of carbonyl (C=O) groups excluding carboxylic acids is 1. The van der Waals surface area contributed by atoms with Crippen LogP contribution < -0.4 is 5.32 Å². The molecule has 126 valence electrons. The van der Waals surface area contributed by atoms with Crippen molar-refractivity contribution in [3.63, 3.8) is 0 Å². The molecule has 0 aliphatic carbocycles. The fourth-order valence-electron chi connectivity index (χ4n) is 3.66. The van der Waals surface area contributed by atoms with Crippen LogP contribution in [-0.2, 0) is 6.42 Å². The molecule has 0 spiro atoms. The maximum Gasteiger partial charge on any atom is 0.317 e. The molecule has 1 aromatic carbocycles. The zero-order valence-corrected chi connectivity index (χ0v) is 13.6. The summed E-state index contributed by atoms with van der Waals surface area (Å²) in [7, 11) is 0. The number of benzene rings is 1. The van der Waals surface area contributed by atoms with E-state index in [9.17, 15) is 9.18 Å². The van der Waals surface area contributed by atoms with Gasteiger partial charge in [0.05, 0.1) is 0 Å². The first-order chi connectivity index (χ1) is 11.2. The summed E-state index contributed by atoms with van der Waals surface area (Å²) in [5.74, 6) is -0.201. The van der Waals surface area contributed by atoms with Crippen molar-refractivity contribution in [2.45, 2.75) is 38.1 Å². The quantitative estimate of drug-likeness (QED) is 0.926. The highest BCUT2D eigenvalue weighted by atomic mass is 19.1. The summed E-state index contributed by atoms with van der Waals surface area (Å²) in [5.41, 5.74) is 0.653. The van der Waals surface area contributed by atoms with Crippen molar-refractivity contribution < 1.29 is 9.18 Å². The van der Waals surface area contributed by atoms with E-state index in [4.69, 9.17) is 0 Å². The summed E-state index contributed by atoms with van der Waals surface area (Å²) >= 11 is 0. The van der Waals surface area contributed by atoms with Crippen molar-refractivity contribution in [2.24, 2.45) is 0 Å². The van der Waals surface area contributed by atoms with Gasteiger partial charge in [-0.15, -0.1) is 0 Å². The number of nitrogens with zero attached hydrogens (tertiary/aromatic N) is 2. The van der Waals surface area contributed by atoms with E-state index in [2.05, 4.69) is 10.2 Å². The summed E-state index contributed by atoms with van der Waals surface area (Å²) in [6.45, 7) is 4.57. The molecule has 2 aliphatic heterocycles. The van der Waals surface area contributed by atoms with Gasteiger partial charge in [-0.05, 0) is 56.8 Å². The highest BCUT2D eigenvalue weighted by Gasteiger charge is 2.28. The second-order valence-corrected chi connectivity index (χ2v) is 6.53. The lowest BCUT2D eigenvalue weighted by molar-refractivity contribution is 0.134. The second kappa shape index (κ2) is 7.77. The molecule has 0 bridgehead atoms. The first-order valence-electron chi connectivity index (χ1n) is 8.74.